The molecule has 0 spiro atoms. The zero-order chi connectivity index (χ0) is 48.2. The summed E-state index contributed by atoms with van der Waals surface area (Å²) >= 11 is 0. The van der Waals surface area contributed by atoms with Gasteiger partial charge in [-0.15, -0.1) is 0 Å². The number of likely N-dealkylation sites (tertiary alicyclic amines) is 1. The predicted molar refractivity (Wildman–Crippen MR) is 281 cm³/mol. The molecule has 2 aliphatic carbocycles. The van der Waals surface area contributed by atoms with Crippen molar-refractivity contribution in [2.75, 3.05) is 26.2 Å². The van der Waals surface area contributed by atoms with Gasteiger partial charge in [0.15, 0.2) is 0 Å². The molecule has 4 heterocycles. The largest absolute Gasteiger partial charge is 0.490 e. The van der Waals surface area contributed by atoms with Crippen molar-refractivity contribution in [3.63, 3.8) is 0 Å². The number of nitrogens with zero attached hydrogens (tertiary/aromatic N) is 5. The number of carbonyl (C=O) groups is 1. The smallest absolute Gasteiger partial charge is 0.150 e. The minimum absolute atomic E-state index is 0.334. The molecule has 0 unspecified atom stereocenters. The van der Waals surface area contributed by atoms with Crippen molar-refractivity contribution in [2.45, 2.75) is 149 Å². The zero-order valence-corrected chi connectivity index (χ0v) is 42.4. The maximum Gasteiger partial charge on any atom is 0.150 e. The number of fused-ring (bicyclic) bond motifs is 2. The number of rotatable bonds is 9. The van der Waals surface area contributed by atoms with Gasteiger partial charge in [0, 0.05) is 48.7 Å². The summed E-state index contributed by atoms with van der Waals surface area (Å²) in [5, 5.41) is 8.10. The Morgan fingerprint density at radius 3 is 1.45 bits per heavy atom. The molecule has 9 heteroatoms. The van der Waals surface area contributed by atoms with Gasteiger partial charge in [-0.1, -0.05) is 77.9 Å². The third kappa shape index (κ3) is 14.4. The Balaban J connectivity index is 0.000000157. The molecule has 6 aromatic rings. The molecule has 4 aliphatic rings. The monoisotopic (exact) mass is 931 g/mol. The maximum absolute atomic E-state index is 10.9. The van der Waals surface area contributed by atoms with Gasteiger partial charge in [-0.3, -0.25) is 9.69 Å². The molecule has 9 nitrogen and oxygen atoms in total. The lowest BCUT2D eigenvalue weighted by Crippen LogP contribution is -2.32. The molecule has 0 atom stereocenters. The predicted octanol–water partition coefficient (Wildman–Crippen LogP) is 13.6. The number of piperidine rings is 2. The molecule has 2 aromatic heterocycles. The Labute approximate surface area is 412 Å². The van der Waals surface area contributed by atoms with Crippen LogP contribution in [0.4, 0.5) is 0 Å². The van der Waals surface area contributed by atoms with E-state index in [1.807, 2.05) is 67.3 Å². The molecule has 10 rings (SSSR count). The number of aldehydes is 1. The zero-order valence-electron chi connectivity index (χ0n) is 42.4. The summed E-state index contributed by atoms with van der Waals surface area (Å²) in [5.74, 6) is 6.68. The summed E-state index contributed by atoms with van der Waals surface area (Å²) in [6, 6.07) is 29.2. The van der Waals surface area contributed by atoms with Gasteiger partial charge in [-0.05, 0) is 202 Å². The first-order valence-corrected chi connectivity index (χ1v) is 26.2. The van der Waals surface area contributed by atoms with Crippen LogP contribution in [0.5, 0.6) is 11.5 Å². The topological polar surface area (TPSA) is 102 Å². The van der Waals surface area contributed by atoms with Gasteiger partial charge in [0.1, 0.15) is 29.4 Å². The molecular formula is C60H78N6O3. The molecule has 4 aromatic carbocycles. The summed E-state index contributed by atoms with van der Waals surface area (Å²) < 4.78 is 12.6. The summed E-state index contributed by atoms with van der Waals surface area (Å²) in [4.78, 5) is 30.9. The van der Waals surface area contributed by atoms with Crippen molar-refractivity contribution in [3.8, 4) is 11.5 Å². The Kier molecular flexibility index (Phi) is 17.1. The van der Waals surface area contributed by atoms with E-state index in [2.05, 4.69) is 114 Å². The Morgan fingerprint density at radius 2 is 0.971 bits per heavy atom. The van der Waals surface area contributed by atoms with Gasteiger partial charge in [-0.2, -0.15) is 0 Å². The van der Waals surface area contributed by atoms with Crippen LogP contribution in [0, 0.1) is 22.7 Å². The molecule has 4 fully saturated rings. The SMILES string of the molecule is CC(C)(C)C1CCC(Oc2ccc3cc(C=O)ccc3c2)CC1.CC(C)(C)C1CCC(Oc2ccc3cc(CN4CCC(c5ncccn5)CC4)ccc3c2)CC1.c1cnc(C2CCNCC2)nc1. The van der Waals surface area contributed by atoms with Crippen LogP contribution < -0.4 is 14.8 Å². The van der Waals surface area contributed by atoms with Crippen LogP contribution >= 0.6 is 0 Å². The van der Waals surface area contributed by atoms with Crippen LogP contribution in [0.2, 0.25) is 0 Å². The van der Waals surface area contributed by atoms with E-state index in [0.29, 0.717) is 40.4 Å². The van der Waals surface area contributed by atoms with E-state index in [0.717, 1.165) is 110 Å². The van der Waals surface area contributed by atoms with Crippen LogP contribution in [0.1, 0.15) is 158 Å². The van der Waals surface area contributed by atoms with Crippen LogP contribution in [0.25, 0.3) is 21.5 Å². The number of ether oxygens (including phenoxy) is 2. The van der Waals surface area contributed by atoms with Crippen molar-refractivity contribution < 1.29 is 14.3 Å². The highest BCUT2D eigenvalue weighted by atomic mass is 16.5. The third-order valence-electron chi connectivity index (χ3n) is 15.5. The van der Waals surface area contributed by atoms with Gasteiger partial charge in [0.2, 0.25) is 0 Å². The van der Waals surface area contributed by atoms with E-state index < -0.39 is 0 Å². The number of carbonyl (C=O) groups excluding carboxylic acids is 1. The van der Waals surface area contributed by atoms with Crippen molar-refractivity contribution >= 4 is 27.8 Å². The lowest BCUT2D eigenvalue weighted by Gasteiger charge is -2.37. The molecule has 69 heavy (non-hydrogen) atoms. The van der Waals surface area contributed by atoms with Crippen molar-refractivity contribution in [2.24, 2.45) is 22.7 Å². The van der Waals surface area contributed by atoms with Gasteiger partial charge < -0.3 is 14.8 Å². The first-order valence-electron chi connectivity index (χ1n) is 26.2. The highest BCUT2D eigenvalue weighted by molar-refractivity contribution is 5.89. The van der Waals surface area contributed by atoms with E-state index in [9.17, 15) is 4.79 Å². The van der Waals surface area contributed by atoms with Gasteiger partial charge in [-0.25, -0.2) is 19.9 Å². The highest BCUT2D eigenvalue weighted by Gasteiger charge is 2.32. The molecule has 1 N–H and O–H groups in total. The molecule has 366 valence electrons. The molecular weight excluding hydrogens is 853 g/mol. The van der Waals surface area contributed by atoms with Gasteiger partial charge >= 0.3 is 0 Å². The van der Waals surface area contributed by atoms with E-state index in [1.165, 1.54) is 67.7 Å². The average molecular weight is 931 g/mol. The average Bonchev–Trinajstić information content (AvgIpc) is 3.37. The molecule has 0 bridgehead atoms. The molecule has 0 radical (unpaired) electrons. The first kappa shape index (κ1) is 50.1. The molecule has 2 saturated carbocycles. The van der Waals surface area contributed by atoms with Crippen molar-refractivity contribution in [1.29, 1.82) is 0 Å². The maximum atomic E-state index is 10.9. The standard InChI is InChI=1S/C30H39N3O.C21H26O2.C9H13N3/c1-30(2,3)26-8-11-27(12-9-26)34-28-10-7-24-19-22(5-6-25(24)20-28)21-33-17-13-23(14-18-33)29-31-15-4-16-32-29;1-21(2,3)18-7-10-19(11-8-18)23-20-9-6-16-12-15(14-22)4-5-17(16)13-20;1-4-11-9(12-5-1)8-2-6-10-7-3-8/h4-7,10,15-16,19-20,23,26-27H,8-9,11-14,17-18,21H2,1-3H3;4-6,9,12-14,18-19H,7-8,10-11H2,1-3H3;1,4-5,8,10H,2-3,6-7H2. The third-order valence-corrected chi connectivity index (χ3v) is 15.5. The van der Waals surface area contributed by atoms with Crippen molar-refractivity contribution in [1.82, 2.24) is 30.2 Å². The highest BCUT2D eigenvalue weighted by Crippen LogP contribution is 2.40. The van der Waals surface area contributed by atoms with Crippen LogP contribution in [0.3, 0.4) is 0 Å². The second kappa shape index (κ2) is 23.6. The number of nitrogens with one attached hydrogen (secondary N) is 1. The fourth-order valence-corrected chi connectivity index (χ4v) is 11.0. The fourth-order valence-electron chi connectivity index (χ4n) is 11.0. The van der Waals surface area contributed by atoms with Crippen LogP contribution in [0.15, 0.2) is 110 Å². The molecule has 2 saturated heterocycles. The second-order valence-corrected chi connectivity index (χ2v) is 22.4. The quantitative estimate of drug-likeness (QED) is 0.142. The lowest BCUT2D eigenvalue weighted by atomic mass is 9.72. The summed E-state index contributed by atoms with van der Waals surface area (Å²) in [6.45, 7) is 19.6. The van der Waals surface area contributed by atoms with E-state index >= 15 is 0 Å². The van der Waals surface area contributed by atoms with E-state index in [1.54, 1.807) is 0 Å². The normalized spacial score (nSPS) is 21.9. The Morgan fingerprint density at radius 1 is 0.536 bits per heavy atom. The van der Waals surface area contributed by atoms with E-state index in [4.69, 9.17) is 9.47 Å². The van der Waals surface area contributed by atoms with E-state index in [-0.39, 0.29) is 0 Å². The summed E-state index contributed by atoms with van der Waals surface area (Å²) in [7, 11) is 0. The second-order valence-electron chi connectivity index (χ2n) is 22.4. The first-order chi connectivity index (χ1) is 33.4. The number of aromatic nitrogens is 4. The molecule has 2 aliphatic heterocycles. The molecule has 0 amide bonds. The number of hydrogen-bond acceptors (Lipinski definition) is 9. The number of benzene rings is 4. The van der Waals surface area contributed by atoms with Crippen LogP contribution in [-0.2, 0) is 6.54 Å². The lowest BCUT2D eigenvalue weighted by molar-refractivity contribution is 0.0881. The minimum Gasteiger partial charge on any atom is -0.490 e. The summed E-state index contributed by atoms with van der Waals surface area (Å²) in [5.41, 5.74) is 2.92. The van der Waals surface area contributed by atoms with Crippen molar-refractivity contribution in [3.05, 3.63) is 132 Å². The van der Waals surface area contributed by atoms with Gasteiger partial charge in [0.25, 0.3) is 0 Å². The Bertz CT molecular complexity index is 2510. The number of hydrogen-bond donors (Lipinski definition) is 1. The minimum atomic E-state index is 0.334. The van der Waals surface area contributed by atoms with Crippen LogP contribution in [-0.4, -0.2) is 69.5 Å². The summed E-state index contributed by atoms with van der Waals surface area (Å²) in [6.07, 6.45) is 23.3. The Hall–Kier alpha value is -5.25. The van der Waals surface area contributed by atoms with Gasteiger partial charge in [0.05, 0.1) is 12.2 Å². The fraction of sp³-hybridized carbons (Fsp3) is 0.517.